The Balaban J connectivity index is 0.000000360. The summed E-state index contributed by atoms with van der Waals surface area (Å²) in [7, 11) is 0. The van der Waals surface area contributed by atoms with Gasteiger partial charge in [0.25, 0.3) is 0 Å². The number of anilines is 1. The number of alkyl halides is 3. The van der Waals surface area contributed by atoms with Gasteiger partial charge in [-0.05, 0) is 62.3 Å². The van der Waals surface area contributed by atoms with Crippen molar-refractivity contribution in [3.8, 4) is 11.4 Å². The van der Waals surface area contributed by atoms with Crippen LogP contribution in [0.1, 0.15) is 37.9 Å². The summed E-state index contributed by atoms with van der Waals surface area (Å²) < 4.78 is 34.0. The lowest BCUT2D eigenvalue weighted by Crippen LogP contribution is -2.21. The van der Waals surface area contributed by atoms with Crippen LogP contribution in [0, 0.1) is 11.8 Å². The third-order valence-electron chi connectivity index (χ3n) is 5.73. The van der Waals surface area contributed by atoms with E-state index in [1.54, 1.807) is 0 Å². The molecule has 2 aliphatic rings. The van der Waals surface area contributed by atoms with Gasteiger partial charge >= 0.3 is 18.1 Å². The van der Waals surface area contributed by atoms with Gasteiger partial charge < -0.3 is 20.1 Å². The molecule has 0 unspecified atom stereocenters. The molecular weight excluding hydrogens is 429 g/mol. The van der Waals surface area contributed by atoms with E-state index in [1.807, 2.05) is 0 Å². The number of hydrogen-bond acceptors (Lipinski definition) is 5. The lowest BCUT2D eigenvalue weighted by Gasteiger charge is -2.15. The van der Waals surface area contributed by atoms with E-state index >= 15 is 0 Å². The summed E-state index contributed by atoms with van der Waals surface area (Å²) in [4.78, 5) is 19.9. The molecular formula is C21H25F3N4O4. The molecule has 1 saturated carbocycles. The molecule has 0 saturated heterocycles. The Kier molecular flexibility index (Phi) is 7.37. The maximum absolute atomic E-state index is 11.0. The SMILES string of the molecule is O=C(O)C(F)(F)F.O=C(O)[C@@H]1CC[C@H](CNc2ccc(-c3nnc4n3CCCC4)cc2)C1. The van der Waals surface area contributed by atoms with Crippen molar-refractivity contribution < 1.29 is 33.0 Å². The van der Waals surface area contributed by atoms with Crippen molar-refractivity contribution in [2.45, 2.75) is 51.2 Å². The lowest BCUT2D eigenvalue weighted by atomic mass is 10.1. The number of nitrogens with one attached hydrogen (secondary N) is 1. The third kappa shape index (κ3) is 5.98. The summed E-state index contributed by atoms with van der Waals surface area (Å²) in [5.74, 6) is -1.06. The molecule has 1 aromatic heterocycles. The van der Waals surface area contributed by atoms with Crippen LogP contribution < -0.4 is 5.32 Å². The molecule has 0 spiro atoms. The van der Waals surface area contributed by atoms with E-state index in [0.717, 1.165) is 61.7 Å². The van der Waals surface area contributed by atoms with Crippen molar-refractivity contribution in [3.63, 3.8) is 0 Å². The van der Waals surface area contributed by atoms with Crippen LogP contribution in [0.5, 0.6) is 0 Å². The van der Waals surface area contributed by atoms with Crippen LogP contribution in [0.25, 0.3) is 11.4 Å². The number of halogens is 3. The van der Waals surface area contributed by atoms with Crippen molar-refractivity contribution in [2.75, 3.05) is 11.9 Å². The smallest absolute Gasteiger partial charge is 0.481 e. The Labute approximate surface area is 182 Å². The minimum Gasteiger partial charge on any atom is -0.481 e. The van der Waals surface area contributed by atoms with Crippen molar-refractivity contribution in [3.05, 3.63) is 30.1 Å². The van der Waals surface area contributed by atoms with Crippen LogP contribution in [0.2, 0.25) is 0 Å². The van der Waals surface area contributed by atoms with Crippen LogP contribution in [0.3, 0.4) is 0 Å². The number of aryl methyl sites for hydroxylation is 1. The number of aliphatic carboxylic acids is 2. The maximum atomic E-state index is 11.0. The Morgan fingerprint density at radius 2 is 1.78 bits per heavy atom. The fraction of sp³-hybridized carbons (Fsp3) is 0.524. The Morgan fingerprint density at radius 1 is 1.09 bits per heavy atom. The van der Waals surface area contributed by atoms with Crippen LogP contribution in [-0.4, -0.2) is 49.6 Å². The number of hydrogen-bond donors (Lipinski definition) is 3. The van der Waals surface area contributed by atoms with Crippen molar-refractivity contribution >= 4 is 17.6 Å². The van der Waals surface area contributed by atoms with Gasteiger partial charge in [0.05, 0.1) is 5.92 Å². The molecule has 8 nitrogen and oxygen atoms in total. The van der Waals surface area contributed by atoms with Gasteiger partial charge in [0.1, 0.15) is 5.82 Å². The largest absolute Gasteiger partial charge is 0.490 e. The first-order chi connectivity index (χ1) is 15.1. The standard InChI is InChI=1S/C19H24N4O2.C2HF3O2/c24-19(25)15-5-4-13(11-15)12-20-16-8-6-14(7-9-16)18-22-21-17-3-1-2-10-23(17)18;3-2(4,5)1(6)7/h6-9,13,15,20H,1-5,10-12H2,(H,24,25);(H,6,7)/t13-,15+;/m0./s1. The molecule has 0 bridgehead atoms. The Morgan fingerprint density at radius 3 is 2.38 bits per heavy atom. The zero-order chi connectivity index (χ0) is 23.3. The van der Waals surface area contributed by atoms with Crippen molar-refractivity contribution in [1.82, 2.24) is 14.8 Å². The molecule has 2 aromatic rings. The second kappa shape index (κ2) is 10.0. The highest BCUT2D eigenvalue weighted by molar-refractivity contribution is 5.73. The highest BCUT2D eigenvalue weighted by Crippen LogP contribution is 2.31. The van der Waals surface area contributed by atoms with Gasteiger partial charge in [0.2, 0.25) is 0 Å². The van der Waals surface area contributed by atoms with E-state index in [4.69, 9.17) is 15.0 Å². The fourth-order valence-corrected chi connectivity index (χ4v) is 4.01. The van der Waals surface area contributed by atoms with Gasteiger partial charge in [-0.2, -0.15) is 13.2 Å². The zero-order valence-electron chi connectivity index (χ0n) is 17.3. The molecule has 1 aliphatic heterocycles. The minimum absolute atomic E-state index is 0.159. The van der Waals surface area contributed by atoms with E-state index < -0.39 is 18.1 Å². The molecule has 174 valence electrons. The lowest BCUT2D eigenvalue weighted by molar-refractivity contribution is -0.192. The van der Waals surface area contributed by atoms with Crippen molar-refractivity contribution in [1.29, 1.82) is 0 Å². The third-order valence-corrected chi connectivity index (χ3v) is 5.73. The summed E-state index contributed by atoms with van der Waals surface area (Å²) in [5, 5.41) is 28.3. The summed E-state index contributed by atoms with van der Waals surface area (Å²) in [6, 6.07) is 8.32. The molecule has 1 fully saturated rings. The van der Waals surface area contributed by atoms with Gasteiger partial charge in [-0.15, -0.1) is 10.2 Å². The predicted molar refractivity (Wildman–Crippen MR) is 109 cm³/mol. The highest BCUT2D eigenvalue weighted by atomic mass is 19.4. The van der Waals surface area contributed by atoms with Gasteiger partial charge in [0.15, 0.2) is 5.82 Å². The number of carbonyl (C=O) groups is 2. The predicted octanol–water partition coefficient (Wildman–Crippen LogP) is 3.83. The first kappa shape index (κ1) is 23.6. The molecule has 3 N–H and O–H groups in total. The summed E-state index contributed by atoms with van der Waals surface area (Å²) in [6.45, 7) is 1.84. The maximum Gasteiger partial charge on any atom is 0.490 e. The molecule has 0 amide bonds. The first-order valence-electron chi connectivity index (χ1n) is 10.4. The van der Waals surface area contributed by atoms with Gasteiger partial charge in [-0.3, -0.25) is 4.79 Å². The molecule has 32 heavy (non-hydrogen) atoms. The molecule has 1 aliphatic carbocycles. The average Bonchev–Trinajstić information content (AvgIpc) is 3.40. The van der Waals surface area contributed by atoms with E-state index in [2.05, 4.69) is 44.3 Å². The van der Waals surface area contributed by atoms with Crippen LogP contribution >= 0.6 is 0 Å². The first-order valence-corrected chi connectivity index (χ1v) is 10.4. The van der Waals surface area contributed by atoms with Gasteiger partial charge in [0, 0.05) is 30.8 Å². The second-order valence-electron chi connectivity index (χ2n) is 8.02. The summed E-state index contributed by atoms with van der Waals surface area (Å²) in [5.41, 5.74) is 2.17. The second-order valence-corrected chi connectivity index (χ2v) is 8.02. The van der Waals surface area contributed by atoms with Crippen LogP contribution in [0.15, 0.2) is 24.3 Å². The number of nitrogens with zero attached hydrogens (tertiary/aromatic N) is 3. The molecule has 0 radical (unpaired) electrons. The topological polar surface area (TPSA) is 117 Å². The quantitative estimate of drug-likeness (QED) is 0.629. The molecule has 2 heterocycles. The van der Waals surface area contributed by atoms with Gasteiger partial charge in [-0.1, -0.05) is 0 Å². The molecule has 11 heteroatoms. The number of aromatic nitrogens is 3. The van der Waals surface area contributed by atoms with E-state index in [1.165, 1.54) is 12.8 Å². The van der Waals surface area contributed by atoms with Crippen LogP contribution in [-0.2, 0) is 22.6 Å². The summed E-state index contributed by atoms with van der Waals surface area (Å²) >= 11 is 0. The zero-order valence-corrected chi connectivity index (χ0v) is 17.3. The van der Waals surface area contributed by atoms with E-state index in [-0.39, 0.29) is 5.92 Å². The van der Waals surface area contributed by atoms with E-state index in [0.29, 0.717) is 5.92 Å². The number of carboxylic acid groups (broad SMARTS) is 2. The van der Waals surface area contributed by atoms with Crippen molar-refractivity contribution in [2.24, 2.45) is 11.8 Å². The van der Waals surface area contributed by atoms with E-state index in [9.17, 15) is 18.0 Å². The molecule has 2 atom stereocenters. The minimum atomic E-state index is -5.08. The highest BCUT2D eigenvalue weighted by Gasteiger charge is 2.38. The summed E-state index contributed by atoms with van der Waals surface area (Å²) in [6.07, 6.45) is 0.908. The molecule has 4 rings (SSSR count). The number of fused-ring (bicyclic) bond motifs is 1. The Hall–Kier alpha value is -3.11. The van der Waals surface area contributed by atoms with Crippen LogP contribution in [0.4, 0.5) is 18.9 Å². The Bertz CT molecular complexity index is 944. The fourth-order valence-electron chi connectivity index (χ4n) is 4.01. The normalized spacial score (nSPS) is 20.1. The number of rotatable bonds is 5. The number of carboxylic acids is 2. The molecule has 1 aromatic carbocycles. The van der Waals surface area contributed by atoms with Gasteiger partial charge in [-0.25, -0.2) is 4.79 Å². The monoisotopic (exact) mass is 454 g/mol. The number of benzene rings is 1. The average molecular weight is 454 g/mol.